The van der Waals surface area contributed by atoms with Crippen molar-refractivity contribution in [2.75, 3.05) is 0 Å². The molecule has 24 heavy (non-hydrogen) atoms. The van der Waals surface area contributed by atoms with E-state index in [1.165, 1.54) is 0 Å². The van der Waals surface area contributed by atoms with Crippen LogP contribution in [0.3, 0.4) is 0 Å². The summed E-state index contributed by atoms with van der Waals surface area (Å²) < 4.78 is 0. The van der Waals surface area contributed by atoms with E-state index in [0.29, 0.717) is 6.42 Å². The SMILES string of the molecule is CC/C=C\CC=CCC=CCC=CCC=CCC=CCCC(=O)O. The van der Waals surface area contributed by atoms with Crippen LogP contribution in [0, 0.1) is 0 Å². The summed E-state index contributed by atoms with van der Waals surface area (Å²) >= 11 is 0. The molecule has 0 rings (SSSR count). The first-order valence-electron chi connectivity index (χ1n) is 8.89. The van der Waals surface area contributed by atoms with Crippen LogP contribution in [0.15, 0.2) is 72.9 Å². The van der Waals surface area contributed by atoms with Gasteiger partial charge in [-0.25, -0.2) is 0 Å². The van der Waals surface area contributed by atoms with E-state index < -0.39 is 5.97 Å². The fraction of sp³-hybridized carbons (Fsp3) is 0.409. The molecule has 0 aromatic rings. The fourth-order valence-corrected chi connectivity index (χ4v) is 1.85. The van der Waals surface area contributed by atoms with E-state index in [-0.39, 0.29) is 6.42 Å². The first-order chi connectivity index (χ1) is 11.8. The zero-order valence-electron chi connectivity index (χ0n) is 14.9. The predicted molar refractivity (Wildman–Crippen MR) is 105 cm³/mol. The van der Waals surface area contributed by atoms with Crippen molar-refractivity contribution in [1.82, 2.24) is 0 Å². The monoisotopic (exact) mass is 328 g/mol. The van der Waals surface area contributed by atoms with Gasteiger partial charge < -0.3 is 5.11 Å². The first-order valence-corrected chi connectivity index (χ1v) is 8.89. The van der Waals surface area contributed by atoms with Crippen LogP contribution in [0.1, 0.15) is 58.3 Å². The third-order valence-corrected chi connectivity index (χ3v) is 3.12. The van der Waals surface area contributed by atoms with Gasteiger partial charge in [0.25, 0.3) is 0 Å². The van der Waals surface area contributed by atoms with Crippen molar-refractivity contribution in [1.29, 1.82) is 0 Å². The van der Waals surface area contributed by atoms with Crippen LogP contribution in [0.2, 0.25) is 0 Å². The molecule has 0 aliphatic carbocycles. The molecular formula is C22H32O2. The summed E-state index contributed by atoms with van der Waals surface area (Å²) in [5.74, 6) is -0.741. The maximum atomic E-state index is 10.3. The number of hydrogen-bond donors (Lipinski definition) is 1. The minimum absolute atomic E-state index is 0.210. The van der Waals surface area contributed by atoms with Crippen LogP contribution in [0.4, 0.5) is 0 Å². The molecule has 0 fully saturated rings. The highest BCUT2D eigenvalue weighted by Gasteiger charge is 1.90. The lowest BCUT2D eigenvalue weighted by Crippen LogP contribution is -1.91. The molecule has 0 spiro atoms. The highest BCUT2D eigenvalue weighted by molar-refractivity contribution is 5.66. The van der Waals surface area contributed by atoms with Crippen LogP contribution >= 0.6 is 0 Å². The first kappa shape index (κ1) is 21.9. The Morgan fingerprint density at radius 2 is 0.958 bits per heavy atom. The highest BCUT2D eigenvalue weighted by atomic mass is 16.4. The number of rotatable bonds is 14. The molecule has 0 amide bonds. The van der Waals surface area contributed by atoms with Crippen molar-refractivity contribution in [3.63, 3.8) is 0 Å². The van der Waals surface area contributed by atoms with Crippen molar-refractivity contribution < 1.29 is 9.90 Å². The Balaban J connectivity index is 3.51. The highest BCUT2D eigenvalue weighted by Crippen LogP contribution is 1.97. The number of aliphatic carboxylic acids is 1. The lowest BCUT2D eigenvalue weighted by atomic mass is 10.2. The summed E-state index contributed by atoms with van der Waals surface area (Å²) in [5.41, 5.74) is 0. The second kappa shape index (κ2) is 19.0. The molecule has 2 nitrogen and oxygen atoms in total. The van der Waals surface area contributed by atoms with Crippen LogP contribution in [0.25, 0.3) is 0 Å². The van der Waals surface area contributed by atoms with Gasteiger partial charge >= 0.3 is 5.97 Å². The molecule has 132 valence electrons. The average molecular weight is 328 g/mol. The lowest BCUT2D eigenvalue weighted by Gasteiger charge is -1.87. The largest absolute Gasteiger partial charge is 0.481 e. The molecule has 0 unspecified atom stereocenters. The van der Waals surface area contributed by atoms with Crippen molar-refractivity contribution in [3.8, 4) is 0 Å². The molecule has 0 aliphatic heterocycles. The topological polar surface area (TPSA) is 37.3 Å². The summed E-state index contributed by atoms with van der Waals surface area (Å²) in [7, 11) is 0. The molecule has 0 radical (unpaired) electrons. The quantitative estimate of drug-likeness (QED) is 0.367. The second-order valence-electron chi connectivity index (χ2n) is 5.35. The maximum Gasteiger partial charge on any atom is 0.303 e. The zero-order chi connectivity index (χ0) is 17.7. The summed E-state index contributed by atoms with van der Waals surface area (Å²) in [6.45, 7) is 2.15. The number of allylic oxidation sites excluding steroid dienone is 12. The third kappa shape index (κ3) is 19.9. The molecular weight excluding hydrogens is 296 g/mol. The molecule has 0 saturated carbocycles. The molecule has 1 N–H and O–H groups in total. The number of carboxylic acid groups (broad SMARTS) is 1. The summed E-state index contributed by atoms with van der Waals surface area (Å²) in [6.07, 6.45) is 32.5. The minimum atomic E-state index is -0.741. The van der Waals surface area contributed by atoms with Gasteiger partial charge in [0.05, 0.1) is 0 Å². The van der Waals surface area contributed by atoms with Crippen molar-refractivity contribution in [3.05, 3.63) is 72.9 Å². The minimum Gasteiger partial charge on any atom is -0.481 e. The smallest absolute Gasteiger partial charge is 0.303 e. The zero-order valence-corrected chi connectivity index (χ0v) is 14.9. The van der Waals surface area contributed by atoms with Gasteiger partial charge in [0.15, 0.2) is 0 Å². The fourth-order valence-electron chi connectivity index (χ4n) is 1.85. The van der Waals surface area contributed by atoms with Crippen LogP contribution in [-0.2, 0) is 4.79 Å². The Kier molecular flexibility index (Phi) is 17.3. The number of carbonyl (C=O) groups is 1. The van der Waals surface area contributed by atoms with Gasteiger partial charge in [0.2, 0.25) is 0 Å². The van der Waals surface area contributed by atoms with Crippen LogP contribution in [0.5, 0.6) is 0 Å². The normalized spacial score (nSPS) is 13.0. The van der Waals surface area contributed by atoms with E-state index in [9.17, 15) is 4.79 Å². The predicted octanol–water partition coefficient (Wildman–Crippen LogP) is 6.55. The van der Waals surface area contributed by atoms with Crippen molar-refractivity contribution >= 4 is 5.97 Å². The molecule has 0 bridgehead atoms. The van der Waals surface area contributed by atoms with Gasteiger partial charge in [-0.3, -0.25) is 4.79 Å². The number of hydrogen-bond acceptors (Lipinski definition) is 1. The molecule has 0 aromatic heterocycles. The standard InChI is InChI=1S/C22H32O2/c1-2-3-4-5-6-7-8-9-10-11-12-13-14-15-16-17-18-19-20-21-22(23)24/h3-4,6-7,9-10,12-13,15-16,18-19H,2,5,8,11,14,17,20-21H2,1H3,(H,23,24)/b4-3-,7-6?,10-9?,13-12?,16-15?,19-18?. The molecule has 2 heteroatoms. The van der Waals surface area contributed by atoms with E-state index in [0.717, 1.165) is 38.5 Å². The van der Waals surface area contributed by atoms with Crippen molar-refractivity contribution in [2.45, 2.75) is 58.3 Å². The number of carboxylic acids is 1. The van der Waals surface area contributed by atoms with Gasteiger partial charge in [-0.05, 0) is 44.9 Å². The Bertz CT molecular complexity index is 462. The molecule has 0 aliphatic rings. The molecule has 0 aromatic carbocycles. The Morgan fingerprint density at radius 3 is 1.29 bits per heavy atom. The van der Waals surface area contributed by atoms with E-state index in [2.05, 4.69) is 67.7 Å². The van der Waals surface area contributed by atoms with E-state index in [1.807, 2.05) is 12.2 Å². The van der Waals surface area contributed by atoms with Gasteiger partial charge in [-0.2, -0.15) is 0 Å². The van der Waals surface area contributed by atoms with Gasteiger partial charge in [-0.1, -0.05) is 79.8 Å². The van der Waals surface area contributed by atoms with Crippen molar-refractivity contribution in [2.24, 2.45) is 0 Å². The second-order valence-corrected chi connectivity index (χ2v) is 5.35. The summed E-state index contributed by atoms with van der Waals surface area (Å²) in [6, 6.07) is 0. The third-order valence-electron chi connectivity index (χ3n) is 3.12. The van der Waals surface area contributed by atoms with E-state index in [4.69, 9.17) is 5.11 Å². The maximum absolute atomic E-state index is 10.3. The van der Waals surface area contributed by atoms with Gasteiger partial charge in [0.1, 0.15) is 0 Å². The lowest BCUT2D eigenvalue weighted by molar-refractivity contribution is -0.136. The molecule has 0 atom stereocenters. The van der Waals surface area contributed by atoms with Crippen LogP contribution < -0.4 is 0 Å². The summed E-state index contributed by atoms with van der Waals surface area (Å²) in [4.78, 5) is 10.3. The van der Waals surface area contributed by atoms with Crippen LogP contribution in [-0.4, -0.2) is 11.1 Å². The van der Waals surface area contributed by atoms with E-state index >= 15 is 0 Å². The Hall–Kier alpha value is -2.09. The Labute approximate surface area is 147 Å². The Morgan fingerprint density at radius 1 is 0.625 bits per heavy atom. The molecule has 0 saturated heterocycles. The average Bonchev–Trinajstić information content (AvgIpc) is 2.56. The summed E-state index contributed by atoms with van der Waals surface area (Å²) in [5, 5.41) is 8.49. The van der Waals surface area contributed by atoms with Gasteiger partial charge in [0, 0.05) is 6.42 Å². The van der Waals surface area contributed by atoms with Gasteiger partial charge in [-0.15, -0.1) is 0 Å². The molecule has 0 heterocycles. The van der Waals surface area contributed by atoms with E-state index in [1.54, 1.807) is 0 Å².